The Labute approximate surface area is 78.3 Å². The van der Waals surface area contributed by atoms with Gasteiger partial charge in [-0.3, -0.25) is 9.78 Å². The second-order valence-electron chi connectivity index (χ2n) is 2.51. The maximum absolute atomic E-state index is 11.0. The predicted octanol–water partition coefficient (Wildman–Crippen LogP) is -1.13. The number of aromatic nitrogens is 2. The van der Waals surface area contributed by atoms with Crippen molar-refractivity contribution in [2.75, 3.05) is 6.26 Å². The fraction of sp³-hybridized carbons (Fsp3) is 0.167. The lowest BCUT2D eigenvalue weighted by atomic mass is 10.3. The largest absolute Gasteiger partial charge is 0.477 e. The number of carboxylic acid groups (broad SMARTS) is 1. The molecule has 0 aliphatic carbocycles. The van der Waals surface area contributed by atoms with Gasteiger partial charge in [0.05, 0.1) is 6.20 Å². The van der Waals surface area contributed by atoms with Crippen LogP contribution in [0.5, 0.6) is 0 Å². The zero-order valence-corrected chi connectivity index (χ0v) is 7.83. The number of aromatic carboxylic acids is 1. The van der Waals surface area contributed by atoms with E-state index in [4.69, 9.17) is 5.11 Å². The standard InChI is InChI=1S/C6H6N2O5S/c1-14(12,13)6-7-2-3(5(10)11)4(9)8-6/h2H,1H3,(H,10,11)(H,7,8,9). The highest BCUT2D eigenvalue weighted by Gasteiger charge is 2.14. The molecule has 0 amide bonds. The first-order chi connectivity index (χ1) is 6.32. The zero-order valence-electron chi connectivity index (χ0n) is 7.01. The first-order valence-corrected chi connectivity index (χ1v) is 5.24. The summed E-state index contributed by atoms with van der Waals surface area (Å²) in [5.41, 5.74) is -1.59. The fourth-order valence-corrected chi connectivity index (χ4v) is 1.24. The quantitative estimate of drug-likeness (QED) is 0.606. The van der Waals surface area contributed by atoms with Crippen LogP contribution < -0.4 is 5.56 Å². The third kappa shape index (κ3) is 1.96. The number of hydrogen-bond donors (Lipinski definition) is 2. The fourth-order valence-electron chi connectivity index (χ4n) is 0.719. The van der Waals surface area contributed by atoms with Crippen molar-refractivity contribution in [2.24, 2.45) is 0 Å². The molecule has 8 heteroatoms. The molecule has 14 heavy (non-hydrogen) atoms. The Bertz CT molecular complexity index is 529. The summed E-state index contributed by atoms with van der Waals surface area (Å²) in [4.78, 5) is 26.5. The maximum atomic E-state index is 11.0. The molecule has 0 atom stereocenters. The van der Waals surface area contributed by atoms with Gasteiger partial charge in [0.1, 0.15) is 5.56 Å². The van der Waals surface area contributed by atoms with E-state index in [0.29, 0.717) is 6.20 Å². The van der Waals surface area contributed by atoms with Gasteiger partial charge in [0.15, 0.2) is 0 Å². The van der Waals surface area contributed by atoms with E-state index in [1.54, 1.807) is 0 Å². The lowest BCUT2D eigenvalue weighted by molar-refractivity contribution is 0.0694. The molecular formula is C6H6N2O5S. The number of aromatic amines is 1. The lowest BCUT2D eigenvalue weighted by Crippen LogP contribution is -2.21. The van der Waals surface area contributed by atoms with E-state index in [-0.39, 0.29) is 0 Å². The Hall–Kier alpha value is -1.70. The van der Waals surface area contributed by atoms with Crippen LogP contribution in [0.4, 0.5) is 0 Å². The topological polar surface area (TPSA) is 117 Å². The highest BCUT2D eigenvalue weighted by molar-refractivity contribution is 7.90. The molecule has 0 spiro atoms. The van der Waals surface area contributed by atoms with Gasteiger partial charge in [0.25, 0.3) is 5.56 Å². The van der Waals surface area contributed by atoms with Crippen LogP contribution in [-0.4, -0.2) is 35.7 Å². The first kappa shape index (κ1) is 10.4. The normalized spacial score (nSPS) is 11.2. The van der Waals surface area contributed by atoms with Crippen molar-refractivity contribution in [2.45, 2.75) is 5.16 Å². The molecule has 76 valence electrons. The third-order valence-electron chi connectivity index (χ3n) is 1.36. The van der Waals surface area contributed by atoms with E-state index < -0.39 is 32.1 Å². The summed E-state index contributed by atoms with van der Waals surface area (Å²) in [6.07, 6.45) is 1.56. The van der Waals surface area contributed by atoms with Crippen LogP contribution in [-0.2, 0) is 9.84 Å². The molecule has 0 saturated carbocycles. The third-order valence-corrected chi connectivity index (χ3v) is 2.27. The van der Waals surface area contributed by atoms with Crippen LogP contribution >= 0.6 is 0 Å². The number of rotatable bonds is 2. The zero-order chi connectivity index (χ0) is 10.9. The van der Waals surface area contributed by atoms with Crippen molar-refractivity contribution in [3.8, 4) is 0 Å². The van der Waals surface area contributed by atoms with Gasteiger partial charge >= 0.3 is 5.97 Å². The van der Waals surface area contributed by atoms with Gasteiger partial charge in [-0.2, -0.15) is 0 Å². The number of nitrogens with one attached hydrogen (secondary N) is 1. The van der Waals surface area contributed by atoms with Gasteiger partial charge < -0.3 is 5.11 Å². The van der Waals surface area contributed by atoms with Crippen LogP contribution in [0.1, 0.15) is 10.4 Å². The number of H-pyrrole nitrogens is 1. The SMILES string of the molecule is CS(=O)(=O)c1ncc(C(=O)O)c(=O)[nH]1. The van der Waals surface area contributed by atoms with Crippen LogP contribution in [0.3, 0.4) is 0 Å². The van der Waals surface area contributed by atoms with Crippen LogP contribution in [0.25, 0.3) is 0 Å². The minimum Gasteiger partial charge on any atom is -0.477 e. The Morgan fingerprint density at radius 2 is 2.14 bits per heavy atom. The predicted molar refractivity (Wildman–Crippen MR) is 44.9 cm³/mol. The average molecular weight is 218 g/mol. The molecule has 1 heterocycles. The van der Waals surface area contributed by atoms with E-state index in [2.05, 4.69) is 4.98 Å². The molecule has 0 saturated heterocycles. The number of hydrogen-bond acceptors (Lipinski definition) is 5. The highest BCUT2D eigenvalue weighted by atomic mass is 32.2. The van der Waals surface area contributed by atoms with Gasteiger partial charge in [0, 0.05) is 6.26 Å². The van der Waals surface area contributed by atoms with Crippen molar-refractivity contribution >= 4 is 15.8 Å². The lowest BCUT2D eigenvalue weighted by Gasteiger charge is -1.96. The van der Waals surface area contributed by atoms with Crippen molar-refractivity contribution in [3.05, 3.63) is 22.1 Å². The molecule has 2 N–H and O–H groups in total. The number of carboxylic acids is 1. The van der Waals surface area contributed by atoms with Crippen molar-refractivity contribution in [3.63, 3.8) is 0 Å². The van der Waals surface area contributed by atoms with Gasteiger partial charge in [-0.15, -0.1) is 0 Å². The average Bonchev–Trinajstić information content (AvgIpc) is 2.01. The maximum Gasteiger partial charge on any atom is 0.342 e. The monoisotopic (exact) mass is 218 g/mol. The molecule has 0 unspecified atom stereocenters. The van der Waals surface area contributed by atoms with Crippen molar-refractivity contribution in [1.82, 2.24) is 9.97 Å². The van der Waals surface area contributed by atoms with Crippen molar-refractivity contribution < 1.29 is 18.3 Å². The van der Waals surface area contributed by atoms with Gasteiger partial charge in [0.2, 0.25) is 15.0 Å². The molecule has 0 aromatic carbocycles. The van der Waals surface area contributed by atoms with Crippen LogP contribution in [0.2, 0.25) is 0 Å². The molecule has 0 aliphatic rings. The van der Waals surface area contributed by atoms with Crippen LogP contribution in [0, 0.1) is 0 Å². The van der Waals surface area contributed by atoms with Gasteiger partial charge in [-0.1, -0.05) is 0 Å². The first-order valence-electron chi connectivity index (χ1n) is 3.35. The summed E-state index contributed by atoms with van der Waals surface area (Å²) in [5, 5.41) is 7.90. The van der Waals surface area contributed by atoms with Gasteiger partial charge in [-0.05, 0) is 0 Å². The summed E-state index contributed by atoms with van der Waals surface area (Å²) in [6, 6.07) is 0. The second-order valence-corrected chi connectivity index (χ2v) is 4.44. The molecule has 0 radical (unpaired) electrons. The summed E-state index contributed by atoms with van der Waals surface area (Å²) in [6.45, 7) is 0. The van der Waals surface area contributed by atoms with E-state index in [1.165, 1.54) is 0 Å². The summed E-state index contributed by atoms with van der Waals surface area (Å²) >= 11 is 0. The smallest absolute Gasteiger partial charge is 0.342 e. The van der Waals surface area contributed by atoms with Gasteiger partial charge in [-0.25, -0.2) is 18.2 Å². The molecule has 1 aromatic rings. The van der Waals surface area contributed by atoms with E-state index in [1.807, 2.05) is 4.98 Å². The Morgan fingerprint density at radius 1 is 1.57 bits per heavy atom. The minimum absolute atomic E-state index is 0.549. The Balaban J connectivity index is 3.42. The number of carbonyl (C=O) groups is 1. The second kappa shape index (κ2) is 3.22. The number of nitrogens with zero attached hydrogens (tertiary/aromatic N) is 1. The molecular weight excluding hydrogens is 212 g/mol. The summed E-state index contributed by atoms with van der Waals surface area (Å²) < 4.78 is 21.8. The summed E-state index contributed by atoms with van der Waals surface area (Å²) in [7, 11) is -3.63. The molecule has 7 nitrogen and oxygen atoms in total. The van der Waals surface area contributed by atoms with Crippen LogP contribution in [0.15, 0.2) is 16.1 Å². The molecule has 1 rings (SSSR count). The number of sulfone groups is 1. The minimum atomic E-state index is -3.63. The highest BCUT2D eigenvalue weighted by Crippen LogP contribution is 1.97. The molecule has 1 aromatic heterocycles. The van der Waals surface area contributed by atoms with E-state index in [0.717, 1.165) is 6.26 Å². The van der Waals surface area contributed by atoms with Crippen molar-refractivity contribution in [1.29, 1.82) is 0 Å². The van der Waals surface area contributed by atoms with E-state index >= 15 is 0 Å². The summed E-state index contributed by atoms with van der Waals surface area (Å²) in [5.74, 6) is -1.46. The Morgan fingerprint density at radius 3 is 2.50 bits per heavy atom. The molecule has 0 aliphatic heterocycles. The van der Waals surface area contributed by atoms with E-state index in [9.17, 15) is 18.0 Å². The molecule has 0 fully saturated rings. The molecule has 0 bridgehead atoms. The Kier molecular flexibility index (Phi) is 2.39.